The standard InChI is InChI=1S/C17H22N2O2/c1-12-4-5-13(2)15(10-12)16-7-6-14(11-18)17(20)19(16)8-9-21-3/h4-7,10H,8-9,11,18H2,1-3H3. The van der Waals surface area contributed by atoms with Crippen LogP contribution in [0.1, 0.15) is 16.7 Å². The van der Waals surface area contributed by atoms with E-state index in [1.54, 1.807) is 11.7 Å². The summed E-state index contributed by atoms with van der Waals surface area (Å²) in [6.07, 6.45) is 0. The molecule has 0 radical (unpaired) electrons. The fraction of sp³-hybridized carbons (Fsp3) is 0.353. The van der Waals surface area contributed by atoms with E-state index in [0.29, 0.717) is 18.7 Å². The smallest absolute Gasteiger partial charge is 0.255 e. The minimum atomic E-state index is -0.0343. The summed E-state index contributed by atoms with van der Waals surface area (Å²) in [5.74, 6) is 0. The molecule has 0 fully saturated rings. The molecule has 0 bridgehead atoms. The normalized spacial score (nSPS) is 10.9. The zero-order chi connectivity index (χ0) is 15.4. The van der Waals surface area contributed by atoms with Crippen LogP contribution in [0.2, 0.25) is 0 Å². The third-order valence-electron chi connectivity index (χ3n) is 3.66. The summed E-state index contributed by atoms with van der Waals surface area (Å²) < 4.78 is 6.89. The zero-order valence-corrected chi connectivity index (χ0v) is 12.8. The Morgan fingerprint density at radius 3 is 2.62 bits per heavy atom. The Morgan fingerprint density at radius 1 is 1.19 bits per heavy atom. The molecule has 4 nitrogen and oxygen atoms in total. The number of nitrogens with two attached hydrogens (primary N) is 1. The van der Waals surface area contributed by atoms with Crippen molar-refractivity contribution in [2.45, 2.75) is 26.9 Å². The van der Waals surface area contributed by atoms with Gasteiger partial charge in [0.25, 0.3) is 5.56 Å². The Hall–Kier alpha value is -1.91. The van der Waals surface area contributed by atoms with Crippen molar-refractivity contribution in [2.75, 3.05) is 13.7 Å². The van der Waals surface area contributed by atoms with Crippen LogP contribution in [0.3, 0.4) is 0 Å². The lowest BCUT2D eigenvalue weighted by Crippen LogP contribution is -2.28. The number of aromatic nitrogens is 1. The van der Waals surface area contributed by atoms with Gasteiger partial charge in [0.1, 0.15) is 0 Å². The number of rotatable bonds is 5. The highest BCUT2D eigenvalue weighted by molar-refractivity contribution is 5.65. The van der Waals surface area contributed by atoms with Gasteiger partial charge in [0, 0.05) is 31.3 Å². The van der Waals surface area contributed by atoms with Crippen LogP contribution in [-0.2, 0) is 17.8 Å². The molecule has 0 saturated carbocycles. The van der Waals surface area contributed by atoms with Crippen molar-refractivity contribution in [2.24, 2.45) is 5.73 Å². The first-order valence-corrected chi connectivity index (χ1v) is 7.08. The fourth-order valence-corrected chi connectivity index (χ4v) is 2.43. The molecule has 0 aliphatic carbocycles. The molecule has 112 valence electrons. The first-order valence-electron chi connectivity index (χ1n) is 7.08. The van der Waals surface area contributed by atoms with Crippen LogP contribution in [0, 0.1) is 13.8 Å². The van der Waals surface area contributed by atoms with Gasteiger partial charge in [-0.05, 0) is 31.5 Å². The molecular formula is C17H22N2O2. The quantitative estimate of drug-likeness (QED) is 0.917. The van der Waals surface area contributed by atoms with Crippen molar-refractivity contribution >= 4 is 0 Å². The molecule has 1 aromatic heterocycles. The lowest BCUT2D eigenvalue weighted by Gasteiger charge is -2.16. The molecular weight excluding hydrogens is 264 g/mol. The van der Waals surface area contributed by atoms with Crippen molar-refractivity contribution in [1.29, 1.82) is 0 Å². The van der Waals surface area contributed by atoms with E-state index >= 15 is 0 Å². The maximum absolute atomic E-state index is 12.5. The van der Waals surface area contributed by atoms with Gasteiger partial charge in [0.15, 0.2) is 0 Å². The zero-order valence-electron chi connectivity index (χ0n) is 12.8. The molecule has 0 spiro atoms. The van der Waals surface area contributed by atoms with Gasteiger partial charge < -0.3 is 15.0 Å². The van der Waals surface area contributed by atoms with Crippen LogP contribution in [-0.4, -0.2) is 18.3 Å². The molecule has 0 unspecified atom stereocenters. The third kappa shape index (κ3) is 3.23. The second-order valence-corrected chi connectivity index (χ2v) is 5.22. The lowest BCUT2D eigenvalue weighted by atomic mass is 10.0. The van der Waals surface area contributed by atoms with Gasteiger partial charge in [-0.1, -0.05) is 23.8 Å². The molecule has 0 amide bonds. The van der Waals surface area contributed by atoms with E-state index in [2.05, 4.69) is 32.0 Å². The van der Waals surface area contributed by atoms with Crippen LogP contribution in [0.5, 0.6) is 0 Å². The first kappa shape index (κ1) is 15.5. The summed E-state index contributed by atoms with van der Waals surface area (Å²) in [5, 5.41) is 0. The van der Waals surface area contributed by atoms with Gasteiger partial charge in [-0.2, -0.15) is 0 Å². The van der Waals surface area contributed by atoms with Crippen LogP contribution < -0.4 is 11.3 Å². The molecule has 0 aliphatic rings. The number of hydrogen-bond acceptors (Lipinski definition) is 3. The van der Waals surface area contributed by atoms with Gasteiger partial charge in [-0.25, -0.2) is 0 Å². The number of nitrogens with zero attached hydrogens (tertiary/aromatic N) is 1. The topological polar surface area (TPSA) is 57.2 Å². The number of ether oxygens (including phenoxy) is 1. The number of aryl methyl sites for hydroxylation is 2. The molecule has 4 heteroatoms. The van der Waals surface area contributed by atoms with Gasteiger partial charge in [-0.3, -0.25) is 4.79 Å². The van der Waals surface area contributed by atoms with Gasteiger partial charge in [0.2, 0.25) is 0 Å². The Balaban J connectivity index is 2.64. The summed E-state index contributed by atoms with van der Waals surface area (Å²) in [4.78, 5) is 12.5. The fourth-order valence-electron chi connectivity index (χ4n) is 2.43. The molecule has 2 N–H and O–H groups in total. The summed E-state index contributed by atoms with van der Waals surface area (Å²) in [7, 11) is 1.63. The summed E-state index contributed by atoms with van der Waals surface area (Å²) in [6, 6.07) is 10.1. The van der Waals surface area contributed by atoms with Crippen LogP contribution >= 0.6 is 0 Å². The van der Waals surface area contributed by atoms with Crippen molar-refractivity contribution in [3.8, 4) is 11.3 Å². The molecule has 0 saturated heterocycles. The minimum absolute atomic E-state index is 0.0343. The molecule has 1 aromatic carbocycles. The monoisotopic (exact) mass is 286 g/mol. The maximum atomic E-state index is 12.5. The number of pyridine rings is 1. The van der Waals surface area contributed by atoms with Gasteiger partial charge in [-0.15, -0.1) is 0 Å². The van der Waals surface area contributed by atoms with Crippen molar-refractivity contribution in [3.63, 3.8) is 0 Å². The molecule has 0 atom stereocenters. The van der Waals surface area contributed by atoms with E-state index in [1.807, 2.05) is 12.1 Å². The molecule has 2 rings (SSSR count). The van der Waals surface area contributed by atoms with E-state index in [9.17, 15) is 4.79 Å². The highest BCUT2D eigenvalue weighted by Gasteiger charge is 2.11. The number of hydrogen-bond donors (Lipinski definition) is 1. The Bertz CT molecular complexity index is 690. The molecule has 1 heterocycles. The summed E-state index contributed by atoms with van der Waals surface area (Å²) >= 11 is 0. The van der Waals surface area contributed by atoms with Crippen LogP contribution in [0.4, 0.5) is 0 Å². The second kappa shape index (κ2) is 6.70. The Kier molecular flexibility index (Phi) is 4.94. The second-order valence-electron chi connectivity index (χ2n) is 5.22. The van der Waals surface area contributed by atoms with Crippen molar-refractivity contribution in [1.82, 2.24) is 4.57 Å². The van der Waals surface area contributed by atoms with Crippen molar-refractivity contribution in [3.05, 3.63) is 57.4 Å². The maximum Gasteiger partial charge on any atom is 0.255 e. The van der Waals surface area contributed by atoms with Crippen LogP contribution in [0.15, 0.2) is 35.1 Å². The van der Waals surface area contributed by atoms with E-state index in [-0.39, 0.29) is 12.1 Å². The average Bonchev–Trinajstić information content (AvgIpc) is 2.48. The predicted octanol–water partition coefficient (Wildman–Crippen LogP) is 2.24. The molecule has 2 aromatic rings. The lowest BCUT2D eigenvalue weighted by molar-refractivity contribution is 0.186. The summed E-state index contributed by atoms with van der Waals surface area (Å²) in [6.45, 7) is 5.36. The predicted molar refractivity (Wildman–Crippen MR) is 85.4 cm³/mol. The summed E-state index contributed by atoms with van der Waals surface area (Å²) in [5.41, 5.74) is 10.5. The van der Waals surface area contributed by atoms with E-state index in [0.717, 1.165) is 16.8 Å². The SMILES string of the molecule is COCCn1c(-c2cc(C)ccc2C)ccc(CN)c1=O. The van der Waals surface area contributed by atoms with E-state index in [4.69, 9.17) is 10.5 Å². The highest BCUT2D eigenvalue weighted by Crippen LogP contribution is 2.24. The molecule has 21 heavy (non-hydrogen) atoms. The van der Waals surface area contributed by atoms with Gasteiger partial charge >= 0.3 is 0 Å². The third-order valence-corrected chi connectivity index (χ3v) is 3.66. The first-order chi connectivity index (χ1) is 10.1. The molecule has 0 aliphatic heterocycles. The largest absolute Gasteiger partial charge is 0.383 e. The van der Waals surface area contributed by atoms with E-state index in [1.165, 1.54) is 5.56 Å². The average molecular weight is 286 g/mol. The van der Waals surface area contributed by atoms with E-state index < -0.39 is 0 Å². The number of methoxy groups -OCH3 is 1. The van der Waals surface area contributed by atoms with Gasteiger partial charge in [0.05, 0.1) is 12.3 Å². The van der Waals surface area contributed by atoms with Crippen LogP contribution in [0.25, 0.3) is 11.3 Å². The Morgan fingerprint density at radius 2 is 1.95 bits per heavy atom. The minimum Gasteiger partial charge on any atom is -0.383 e. The number of benzene rings is 1. The van der Waals surface area contributed by atoms with Crippen molar-refractivity contribution < 1.29 is 4.74 Å². The highest BCUT2D eigenvalue weighted by atomic mass is 16.5. The Labute approximate surface area is 125 Å².